The molecular weight excluding hydrogens is 404 g/mol. The third kappa shape index (κ3) is 46.9. The number of hydrogen-bond donors (Lipinski definition) is 3. The summed E-state index contributed by atoms with van der Waals surface area (Å²) in [5, 5.41) is 24.7. The molecular formula is C27H56O5. The van der Waals surface area contributed by atoms with Crippen LogP contribution in [0, 0.1) is 0 Å². The highest BCUT2D eigenvalue weighted by atomic mass is 16.4. The minimum atomic E-state index is -0.659. The first-order valence-electron chi connectivity index (χ1n) is 13.5. The van der Waals surface area contributed by atoms with Crippen LogP contribution in [0.15, 0.2) is 0 Å². The fourth-order valence-electron chi connectivity index (χ4n) is 3.17. The summed E-state index contributed by atoms with van der Waals surface area (Å²) in [7, 11) is 0. The van der Waals surface area contributed by atoms with Gasteiger partial charge in [-0.2, -0.15) is 0 Å². The van der Waals surface area contributed by atoms with Crippen LogP contribution >= 0.6 is 0 Å². The minimum Gasteiger partial charge on any atom is -0.481 e. The lowest BCUT2D eigenvalue weighted by molar-refractivity contribution is -0.138. The molecule has 0 spiro atoms. The van der Waals surface area contributed by atoms with Crippen molar-refractivity contribution in [1.29, 1.82) is 0 Å². The Hall–Kier alpha value is -1.10. The van der Waals surface area contributed by atoms with Crippen LogP contribution in [0.2, 0.25) is 0 Å². The number of hydrogen-bond acceptors (Lipinski definition) is 3. The first kappa shape index (κ1) is 35.5. The maximum absolute atomic E-state index is 10.2. The Labute approximate surface area is 199 Å². The first-order chi connectivity index (χ1) is 15.5. The zero-order valence-corrected chi connectivity index (χ0v) is 21.7. The van der Waals surface area contributed by atoms with Gasteiger partial charge in [-0.05, 0) is 19.3 Å². The van der Waals surface area contributed by atoms with Gasteiger partial charge < -0.3 is 15.3 Å². The van der Waals surface area contributed by atoms with Gasteiger partial charge in [-0.1, -0.05) is 124 Å². The third-order valence-electron chi connectivity index (χ3n) is 5.21. The van der Waals surface area contributed by atoms with Crippen LogP contribution in [-0.2, 0) is 9.59 Å². The lowest BCUT2D eigenvalue weighted by Gasteiger charge is -2.00. The van der Waals surface area contributed by atoms with E-state index in [0.717, 1.165) is 32.1 Å². The summed E-state index contributed by atoms with van der Waals surface area (Å²) in [4.78, 5) is 20.4. The lowest BCUT2D eigenvalue weighted by Crippen LogP contribution is -1.93. The molecule has 0 atom stereocenters. The SMILES string of the molecule is CCCCCCCCCCCC(=O)O.CCCCCCCCCCCC(=O)O.CCCO. The number of unbranched alkanes of at least 4 members (excludes halogenated alkanes) is 16. The van der Waals surface area contributed by atoms with E-state index in [4.69, 9.17) is 15.3 Å². The highest BCUT2D eigenvalue weighted by molar-refractivity contribution is 5.66. The maximum Gasteiger partial charge on any atom is 0.303 e. The van der Waals surface area contributed by atoms with Gasteiger partial charge in [0.15, 0.2) is 0 Å². The van der Waals surface area contributed by atoms with E-state index in [1.807, 2.05) is 6.92 Å². The van der Waals surface area contributed by atoms with Crippen LogP contribution in [0.4, 0.5) is 0 Å². The molecule has 0 saturated heterocycles. The predicted molar refractivity (Wildman–Crippen MR) is 136 cm³/mol. The number of carbonyl (C=O) groups is 2. The number of carboxylic acid groups (broad SMARTS) is 2. The van der Waals surface area contributed by atoms with E-state index in [1.165, 1.54) is 89.9 Å². The highest BCUT2D eigenvalue weighted by Crippen LogP contribution is 2.11. The molecule has 0 rings (SSSR count). The van der Waals surface area contributed by atoms with Crippen molar-refractivity contribution in [3.63, 3.8) is 0 Å². The van der Waals surface area contributed by atoms with Crippen LogP contribution < -0.4 is 0 Å². The molecule has 0 aliphatic heterocycles. The van der Waals surface area contributed by atoms with E-state index >= 15 is 0 Å². The summed E-state index contributed by atoms with van der Waals surface area (Å²) in [6.07, 6.45) is 23.8. The molecule has 194 valence electrons. The Morgan fingerprint density at radius 2 is 0.656 bits per heavy atom. The molecule has 0 saturated carbocycles. The van der Waals surface area contributed by atoms with E-state index < -0.39 is 11.9 Å². The smallest absolute Gasteiger partial charge is 0.303 e. The van der Waals surface area contributed by atoms with Crippen LogP contribution in [0.25, 0.3) is 0 Å². The molecule has 0 bridgehead atoms. The number of aliphatic carboxylic acids is 2. The summed E-state index contributed by atoms with van der Waals surface area (Å²) < 4.78 is 0. The highest BCUT2D eigenvalue weighted by Gasteiger charge is 1.97. The van der Waals surface area contributed by atoms with Gasteiger partial charge in [0, 0.05) is 19.4 Å². The van der Waals surface area contributed by atoms with E-state index in [9.17, 15) is 9.59 Å². The topological polar surface area (TPSA) is 94.8 Å². The normalized spacial score (nSPS) is 10.0. The molecule has 0 radical (unpaired) electrons. The zero-order valence-electron chi connectivity index (χ0n) is 21.7. The van der Waals surface area contributed by atoms with Gasteiger partial charge in [-0.25, -0.2) is 0 Å². The second-order valence-electron chi connectivity index (χ2n) is 8.67. The first-order valence-corrected chi connectivity index (χ1v) is 13.5. The second kappa shape index (κ2) is 34.5. The van der Waals surface area contributed by atoms with E-state index in [2.05, 4.69) is 13.8 Å². The Balaban J connectivity index is -0.000000450. The Bertz CT molecular complexity index is 324. The number of aliphatic hydroxyl groups is 1. The van der Waals surface area contributed by atoms with Crippen molar-refractivity contribution in [2.45, 2.75) is 156 Å². The standard InChI is InChI=1S/2C12H24O2.C3H8O/c2*1-2-3-4-5-6-7-8-9-10-11-12(13)14;1-2-3-4/h2*2-11H2,1H3,(H,13,14);4H,2-3H2,1H3. The van der Waals surface area contributed by atoms with E-state index in [-0.39, 0.29) is 0 Å². The second-order valence-corrected chi connectivity index (χ2v) is 8.67. The van der Waals surface area contributed by atoms with Gasteiger partial charge in [0.25, 0.3) is 0 Å². The van der Waals surface area contributed by atoms with Crippen molar-refractivity contribution < 1.29 is 24.9 Å². The summed E-state index contributed by atoms with van der Waals surface area (Å²) in [6, 6.07) is 0. The minimum absolute atomic E-state index is 0.319. The van der Waals surface area contributed by atoms with Gasteiger partial charge in [0.1, 0.15) is 0 Å². The molecule has 5 nitrogen and oxygen atoms in total. The largest absolute Gasteiger partial charge is 0.481 e. The summed E-state index contributed by atoms with van der Waals surface area (Å²) in [6.45, 7) is 6.71. The molecule has 0 aromatic carbocycles. The zero-order chi connectivity index (χ0) is 24.7. The van der Waals surface area contributed by atoms with Gasteiger partial charge in [-0.15, -0.1) is 0 Å². The van der Waals surface area contributed by atoms with Crippen molar-refractivity contribution >= 4 is 11.9 Å². The average Bonchev–Trinajstić information content (AvgIpc) is 2.77. The lowest BCUT2D eigenvalue weighted by atomic mass is 10.1. The van der Waals surface area contributed by atoms with Gasteiger partial charge in [-0.3, -0.25) is 9.59 Å². The monoisotopic (exact) mass is 460 g/mol. The summed E-state index contributed by atoms with van der Waals surface area (Å²) in [5.41, 5.74) is 0. The summed E-state index contributed by atoms with van der Waals surface area (Å²) in [5.74, 6) is -1.32. The Morgan fingerprint density at radius 3 is 0.844 bits per heavy atom. The molecule has 0 aromatic rings. The molecule has 5 heteroatoms. The van der Waals surface area contributed by atoms with Gasteiger partial charge in [0.2, 0.25) is 0 Å². The molecule has 0 amide bonds. The van der Waals surface area contributed by atoms with Gasteiger partial charge >= 0.3 is 11.9 Å². The molecule has 3 N–H and O–H groups in total. The van der Waals surface area contributed by atoms with Crippen LogP contribution in [0.3, 0.4) is 0 Å². The summed E-state index contributed by atoms with van der Waals surface area (Å²) >= 11 is 0. The number of aliphatic hydroxyl groups excluding tert-OH is 1. The van der Waals surface area contributed by atoms with Crippen LogP contribution in [0.1, 0.15) is 156 Å². The van der Waals surface area contributed by atoms with Crippen molar-refractivity contribution in [2.24, 2.45) is 0 Å². The Kier molecular flexibility index (Phi) is 38.3. The molecule has 0 aliphatic carbocycles. The van der Waals surface area contributed by atoms with E-state index in [0.29, 0.717) is 19.4 Å². The van der Waals surface area contributed by atoms with Crippen molar-refractivity contribution in [1.82, 2.24) is 0 Å². The number of rotatable bonds is 21. The molecule has 0 unspecified atom stereocenters. The average molecular weight is 461 g/mol. The molecule has 0 heterocycles. The third-order valence-corrected chi connectivity index (χ3v) is 5.21. The van der Waals surface area contributed by atoms with Crippen LogP contribution in [0.5, 0.6) is 0 Å². The maximum atomic E-state index is 10.2. The predicted octanol–water partition coefficient (Wildman–Crippen LogP) is 8.37. The van der Waals surface area contributed by atoms with Crippen molar-refractivity contribution in [3.8, 4) is 0 Å². The van der Waals surface area contributed by atoms with Crippen molar-refractivity contribution in [3.05, 3.63) is 0 Å². The fourth-order valence-corrected chi connectivity index (χ4v) is 3.17. The van der Waals surface area contributed by atoms with Gasteiger partial charge in [0.05, 0.1) is 0 Å². The molecule has 32 heavy (non-hydrogen) atoms. The van der Waals surface area contributed by atoms with Crippen LogP contribution in [-0.4, -0.2) is 33.9 Å². The fraction of sp³-hybridized carbons (Fsp3) is 0.926. The molecule has 0 aliphatic rings. The molecule has 0 fully saturated rings. The quantitative estimate of drug-likeness (QED) is 0.149. The number of carboxylic acids is 2. The van der Waals surface area contributed by atoms with Crippen molar-refractivity contribution in [2.75, 3.05) is 6.61 Å². The molecule has 0 aromatic heterocycles. The Morgan fingerprint density at radius 1 is 0.438 bits per heavy atom. The van der Waals surface area contributed by atoms with E-state index in [1.54, 1.807) is 0 Å².